The number of nitrogen functional groups attached to an aromatic ring is 1. The van der Waals surface area contributed by atoms with E-state index in [0.717, 1.165) is 6.42 Å². The third kappa shape index (κ3) is 3.24. The SMILES string of the molecule is CCCN(Cc1c(F)c(N)c(N2C=NC=CC2)c(F)c1F)n1ccnc1. The fourth-order valence-electron chi connectivity index (χ4n) is 2.81. The zero-order valence-corrected chi connectivity index (χ0v) is 14.2. The van der Waals surface area contributed by atoms with Crippen LogP contribution in [0.1, 0.15) is 18.9 Å². The van der Waals surface area contributed by atoms with Gasteiger partial charge in [0.05, 0.1) is 18.6 Å². The monoisotopic (exact) mass is 364 g/mol. The molecular weight excluding hydrogens is 345 g/mol. The molecule has 0 amide bonds. The van der Waals surface area contributed by atoms with Crippen molar-refractivity contribution in [3.05, 3.63) is 54.0 Å². The van der Waals surface area contributed by atoms with E-state index in [1.807, 2.05) is 6.92 Å². The maximum absolute atomic E-state index is 14.8. The van der Waals surface area contributed by atoms with Crippen LogP contribution in [0.4, 0.5) is 24.5 Å². The number of hydrogen-bond donors (Lipinski definition) is 1. The smallest absolute Gasteiger partial charge is 0.185 e. The third-order valence-electron chi connectivity index (χ3n) is 4.05. The number of aromatic nitrogens is 2. The summed E-state index contributed by atoms with van der Waals surface area (Å²) in [5.74, 6) is -3.42. The normalized spacial score (nSPS) is 13.5. The Morgan fingerprint density at radius 3 is 2.65 bits per heavy atom. The predicted molar refractivity (Wildman–Crippen MR) is 95.0 cm³/mol. The Morgan fingerprint density at radius 1 is 1.23 bits per heavy atom. The fraction of sp³-hybridized carbons (Fsp3) is 0.294. The number of anilines is 2. The van der Waals surface area contributed by atoms with Gasteiger partial charge in [-0.2, -0.15) is 0 Å². The molecule has 2 heterocycles. The van der Waals surface area contributed by atoms with Crippen molar-refractivity contribution in [1.82, 2.24) is 9.66 Å². The van der Waals surface area contributed by atoms with E-state index in [2.05, 4.69) is 9.98 Å². The molecule has 9 heteroatoms. The summed E-state index contributed by atoms with van der Waals surface area (Å²) in [4.78, 5) is 9.03. The van der Waals surface area contributed by atoms with Crippen molar-refractivity contribution in [2.75, 3.05) is 28.7 Å². The summed E-state index contributed by atoms with van der Waals surface area (Å²) in [5, 5.41) is 1.65. The minimum Gasteiger partial charge on any atom is -0.395 e. The molecule has 2 aromatic rings. The molecule has 6 nitrogen and oxygen atoms in total. The zero-order valence-electron chi connectivity index (χ0n) is 14.2. The molecule has 0 atom stereocenters. The van der Waals surface area contributed by atoms with E-state index in [9.17, 15) is 13.2 Å². The minimum atomic E-state index is -1.25. The van der Waals surface area contributed by atoms with Gasteiger partial charge in [-0.1, -0.05) is 6.92 Å². The van der Waals surface area contributed by atoms with Crippen molar-refractivity contribution in [2.45, 2.75) is 19.9 Å². The van der Waals surface area contributed by atoms with E-state index in [4.69, 9.17) is 5.73 Å². The van der Waals surface area contributed by atoms with Crippen LogP contribution in [0.15, 0.2) is 36.0 Å². The van der Waals surface area contributed by atoms with Gasteiger partial charge in [0.15, 0.2) is 17.5 Å². The molecule has 26 heavy (non-hydrogen) atoms. The first-order valence-electron chi connectivity index (χ1n) is 8.17. The van der Waals surface area contributed by atoms with Crippen LogP contribution >= 0.6 is 0 Å². The molecule has 0 aliphatic carbocycles. The van der Waals surface area contributed by atoms with Crippen molar-refractivity contribution >= 4 is 17.7 Å². The molecule has 138 valence electrons. The maximum atomic E-state index is 14.8. The van der Waals surface area contributed by atoms with E-state index in [0.29, 0.717) is 6.54 Å². The lowest BCUT2D eigenvalue weighted by atomic mass is 10.1. The van der Waals surface area contributed by atoms with Gasteiger partial charge in [0.1, 0.15) is 12.0 Å². The van der Waals surface area contributed by atoms with Crippen LogP contribution in [-0.4, -0.2) is 29.1 Å². The Bertz CT molecular complexity index is 803. The first kappa shape index (κ1) is 17.8. The summed E-state index contributed by atoms with van der Waals surface area (Å²) in [5.41, 5.74) is 4.60. The fourth-order valence-corrected chi connectivity index (χ4v) is 2.81. The van der Waals surface area contributed by atoms with Crippen LogP contribution in [0.5, 0.6) is 0 Å². The van der Waals surface area contributed by atoms with Gasteiger partial charge >= 0.3 is 0 Å². The molecule has 1 aliphatic rings. The highest BCUT2D eigenvalue weighted by atomic mass is 19.2. The molecule has 1 aromatic carbocycles. The number of halogens is 3. The summed E-state index contributed by atoms with van der Waals surface area (Å²) >= 11 is 0. The average molecular weight is 364 g/mol. The van der Waals surface area contributed by atoms with Crippen molar-refractivity contribution < 1.29 is 13.2 Å². The third-order valence-corrected chi connectivity index (χ3v) is 4.05. The van der Waals surface area contributed by atoms with E-state index in [1.54, 1.807) is 28.2 Å². The predicted octanol–water partition coefficient (Wildman–Crippen LogP) is 2.79. The Morgan fingerprint density at radius 2 is 2.04 bits per heavy atom. The summed E-state index contributed by atoms with van der Waals surface area (Å²) in [6.45, 7) is 2.47. The second-order valence-electron chi connectivity index (χ2n) is 5.82. The van der Waals surface area contributed by atoms with Gasteiger partial charge in [0.25, 0.3) is 0 Å². The lowest BCUT2D eigenvalue weighted by molar-refractivity contribution is 0.467. The Labute approximate surface area is 149 Å². The maximum Gasteiger partial charge on any atom is 0.185 e. The van der Waals surface area contributed by atoms with E-state index in [1.165, 1.54) is 23.8 Å². The molecule has 0 fully saturated rings. The van der Waals surface area contributed by atoms with E-state index >= 15 is 0 Å². The van der Waals surface area contributed by atoms with Gasteiger partial charge in [0.2, 0.25) is 0 Å². The van der Waals surface area contributed by atoms with Crippen LogP contribution in [0.2, 0.25) is 0 Å². The number of imidazole rings is 1. The second kappa shape index (κ2) is 7.51. The number of hydrogen-bond acceptors (Lipinski definition) is 5. The second-order valence-corrected chi connectivity index (χ2v) is 5.82. The summed E-state index contributed by atoms with van der Waals surface area (Å²) < 4.78 is 45.8. The van der Waals surface area contributed by atoms with Crippen LogP contribution in [-0.2, 0) is 6.54 Å². The summed E-state index contributed by atoms with van der Waals surface area (Å²) in [7, 11) is 0. The number of benzene rings is 1. The molecule has 0 radical (unpaired) electrons. The van der Waals surface area contributed by atoms with E-state index < -0.39 is 28.7 Å². The lowest BCUT2D eigenvalue weighted by Crippen LogP contribution is -2.35. The molecule has 1 aliphatic heterocycles. The average Bonchev–Trinajstić information content (AvgIpc) is 3.18. The highest BCUT2D eigenvalue weighted by Crippen LogP contribution is 2.34. The quantitative estimate of drug-likeness (QED) is 0.632. The van der Waals surface area contributed by atoms with Crippen molar-refractivity contribution in [3.63, 3.8) is 0 Å². The van der Waals surface area contributed by atoms with Crippen molar-refractivity contribution in [1.29, 1.82) is 0 Å². The number of aliphatic imine (C=N–C) groups is 1. The van der Waals surface area contributed by atoms with Gasteiger partial charge in [-0.05, 0) is 12.5 Å². The van der Waals surface area contributed by atoms with E-state index in [-0.39, 0.29) is 18.8 Å². The number of rotatable bonds is 6. The summed E-state index contributed by atoms with van der Waals surface area (Å²) in [6, 6.07) is 0. The zero-order chi connectivity index (χ0) is 18.7. The highest BCUT2D eigenvalue weighted by Gasteiger charge is 2.27. The molecule has 0 spiro atoms. The van der Waals surface area contributed by atoms with Gasteiger partial charge in [-0.25, -0.2) is 23.1 Å². The standard InChI is InChI=1S/C17H19F3N6/c1-2-6-25(26-8-5-23-11-26)9-12-13(18)15(20)17(16(21)14(12)19)24-7-3-4-22-10-24/h3-5,8,10-11H,2,6-7,9,21H2,1H3. The first-order chi connectivity index (χ1) is 12.5. The molecule has 2 N–H and O–H groups in total. The van der Waals surface area contributed by atoms with Crippen molar-refractivity contribution in [3.8, 4) is 0 Å². The van der Waals surface area contributed by atoms with Gasteiger partial charge in [-0.15, -0.1) is 0 Å². The molecule has 3 rings (SSSR count). The van der Waals surface area contributed by atoms with Gasteiger partial charge < -0.3 is 15.6 Å². The number of nitrogens with two attached hydrogens (primary N) is 1. The molecule has 0 unspecified atom stereocenters. The Hall–Kier alpha value is -2.97. The van der Waals surface area contributed by atoms with Gasteiger partial charge in [0, 0.05) is 37.2 Å². The minimum absolute atomic E-state index is 0.183. The van der Waals surface area contributed by atoms with Crippen LogP contribution in [0.3, 0.4) is 0 Å². The number of nitrogens with zero attached hydrogens (tertiary/aromatic N) is 5. The highest BCUT2D eigenvalue weighted by molar-refractivity contribution is 5.87. The Balaban J connectivity index is 2.00. The molecule has 0 saturated heterocycles. The first-order valence-corrected chi connectivity index (χ1v) is 8.17. The largest absolute Gasteiger partial charge is 0.395 e. The molecule has 0 saturated carbocycles. The summed E-state index contributed by atoms with van der Waals surface area (Å²) in [6.07, 6.45) is 9.86. The lowest BCUT2D eigenvalue weighted by Gasteiger charge is -2.27. The molecular formula is C17H19F3N6. The van der Waals surface area contributed by atoms with Crippen molar-refractivity contribution in [2.24, 2.45) is 4.99 Å². The van der Waals surface area contributed by atoms with Crippen LogP contribution in [0, 0.1) is 17.5 Å². The van der Waals surface area contributed by atoms with Gasteiger partial charge in [-0.3, -0.25) is 4.68 Å². The van der Waals surface area contributed by atoms with Crippen LogP contribution in [0.25, 0.3) is 0 Å². The topological polar surface area (TPSA) is 62.7 Å². The van der Waals surface area contributed by atoms with Crippen LogP contribution < -0.4 is 15.6 Å². The molecule has 0 bridgehead atoms. The Kier molecular flexibility index (Phi) is 5.15. The molecule has 1 aromatic heterocycles.